The van der Waals surface area contributed by atoms with Crippen molar-refractivity contribution >= 4 is 30.0 Å². The van der Waals surface area contributed by atoms with E-state index in [9.17, 15) is 19.7 Å². The summed E-state index contributed by atoms with van der Waals surface area (Å²) in [6.45, 7) is 6.39. The molecule has 244 valence electrons. The van der Waals surface area contributed by atoms with Crippen molar-refractivity contribution in [3.63, 3.8) is 0 Å². The molecule has 1 unspecified atom stereocenters. The van der Waals surface area contributed by atoms with Crippen LogP contribution in [0.1, 0.15) is 55.7 Å². The van der Waals surface area contributed by atoms with Crippen LogP contribution in [0.15, 0.2) is 108 Å². The van der Waals surface area contributed by atoms with Crippen LogP contribution < -0.4 is 11.1 Å². The molecule has 1 atom stereocenters. The number of nitrogens with zero attached hydrogens (tertiary/aromatic N) is 2. The number of carbonyl (C=O) groups excluding carboxylic acids is 2. The largest absolute Gasteiger partial charge is 0.466 e. The molecule has 1 aliphatic rings. The smallest absolute Gasteiger partial charge is 0.339 e. The van der Waals surface area contributed by atoms with E-state index >= 15 is 0 Å². The van der Waals surface area contributed by atoms with Gasteiger partial charge in [0.2, 0.25) is 0 Å². The molecule has 0 saturated carbocycles. The Morgan fingerprint density at radius 1 is 0.978 bits per heavy atom. The molecule has 0 bridgehead atoms. The number of carbonyl (C=O) groups is 2. The number of hydrogen-bond acceptors (Lipinski definition) is 9. The predicted octanol–water partition coefficient (Wildman–Crippen LogP) is 5.80. The monoisotopic (exact) mass is 648 g/mol. The summed E-state index contributed by atoms with van der Waals surface area (Å²) in [6, 6.07) is 26.5. The highest BCUT2D eigenvalue weighted by atomic mass is 35.5. The highest BCUT2D eigenvalue weighted by molar-refractivity contribution is 6.00. The Hall–Kier alpha value is -4.67. The van der Waals surface area contributed by atoms with E-state index in [2.05, 4.69) is 34.5 Å². The third-order valence-electron chi connectivity index (χ3n) is 7.86. The molecule has 11 heteroatoms. The summed E-state index contributed by atoms with van der Waals surface area (Å²) in [5, 5.41) is 14.4. The topological polar surface area (TPSA) is 137 Å². The highest BCUT2D eigenvalue weighted by Crippen LogP contribution is 2.40. The second-order valence-corrected chi connectivity index (χ2v) is 11.8. The first-order valence-electron chi connectivity index (χ1n) is 14.7. The molecular weight excluding hydrogens is 608 g/mol. The van der Waals surface area contributed by atoms with E-state index in [1.54, 1.807) is 13.0 Å². The van der Waals surface area contributed by atoms with Crippen LogP contribution in [0.4, 0.5) is 5.69 Å². The summed E-state index contributed by atoms with van der Waals surface area (Å²) >= 11 is 0. The number of ether oxygens (including phenoxy) is 2. The zero-order chi connectivity index (χ0) is 32.7. The number of nitro groups is 1. The first-order chi connectivity index (χ1) is 21.4. The van der Waals surface area contributed by atoms with Crippen molar-refractivity contribution in [2.24, 2.45) is 5.73 Å². The molecule has 3 aromatic carbocycles. The number of halogens is 1. The van der Waals surface area contributed by atoms with Crippen molar-refractivity contribution < 1.29 is 24.0 Å². The predicted molar refractivity (Wildman–Crippen MR) is 179 cm³/mol. The fourth-order valence-electron chi connectivity index (χ4n) is 5.93. The fourth-order valence-corrected chi connectivity index (χ4v) is 5.93. The quantitative estimate of drug-likeness (QED) is 0.142. The number of likely N-dealkylation sites (N-methyl/N-ethyl adjacent to an activating group) is 1. The SMILES string of the molecule is COC(=O)C1=C(C)NC(N)=C(C(=O)OC(C)(C)CN(C)CCC(c2ccccc2)c2ccccc2)C1c1cccc([N+](=O)[O-])c1.Cl. The van der Waals surface area contributed by atoms with Crippen LogP contribution in [0.3, 0.4) is 0 Å². The fraction of sp³-hybridized carbons (Fsp3) is 0.314. The Bertz CT molecular complexity index is 1570. The Kier molecular flexibility index (Phi) is 12.1. The van der Waals surface area contributed by atoms with Crippen molar-refractivity contribution in [1.29, 1.82) is 0 Å². The van der Waals surface area contributed by atoms with Crippen LogP contribution in [0.2, 0.25) is 0 Å². The molecule has 0 aromatic heterocycles. The number of dihydropyridines is 1. The van der Waals surface area contributed by atoms with Crippen molar-refractivity contribution in [3.05, 3.63) is 134 Å². The molecule has 1 heterocycles. The van der Waals surface area contributed by atoms with Gasteiger partial charge in [0.15, 0.2) is 0 Å². The molecule has 4 rings (SSSR count). The minimum absolute atomic E-state index is 0. The molecule has 3 N–H and O–H groups in total. The molecular formula is C35H41ClN4O6. The lowest BCUT2D eigenvalue weighted by Crippen LogP contribution is -2.43. The van der Waals surface area contributed by atoms with Gasteiger partial charge in [-0.05, 0) is 57.5 Å². The minimum atomic E-state index is -1.04. The van der Waals surface area contributed by atoms with Crippen LogP contribution in [0, 0.1) is 10.1 Å². The first-order valence-corrected chi connectivity index (χ1v) is 14.7. The number of nitro benzene ring substituents is 1. The van der Waals surface area contributed by atoms with Crippen molar-refractivity contribution in [3.8, 4) is 0 Å². The number of nitrogens with one attached hydrogen (secondary N) is 1. The van der Waals surface area contributed by atoms with Crippen molar-refractivity contribution in [1.82, 2.24) is 10.2 Å². The molecule has 0 radical (unpaired) electrons. The van der Waals surface area contributed by atoms with Gasteiger partial charge >= 0.3 is 11.9 Å². The van der Waals surface area contributed by atoms with Crippen LogP contribution in [0.5, 0.6) is 0 Å². The van der Waals surface area contributed by atoms with Crippen LogP contribution in [-0.4, -0.2) is 54.6 Å². The Labute approximate surface area is 275 Å². The molecule has 10 nitrogen and oxygen atoms in total. The van der Waals surface area contributed by atoms with E-state index in [1.807, 2.05) is 57.3 Å². The number of nitrogens with two attached hydrogens (primary N) is 1. The Balaban J connectivity index is 0.00000576. The molecule has 3 aromatic rings. The summed E-state index contributed by atoms with van der Waals surface area (Å²) in [7, 11) is 3.21. The lowest BCUT2D eigenvalue weighted by atomic mass is 9.81. The summed E-state index contributed by atoms with van der Waals surface area (Å²) in [4.78, 5) is 40.0. The van der Waals surface area contributed by atoms with Gasteiger partial charge in [-0.2, -0.15) is 0 Å². The van der Waals surface area contributed by atoms with Gasteiger partial charge in [-0.1, -0.05) is 72.8 Å². The zero-order valence-corrected chi connectivity index (χ0v) is 27.5. The van der Waals surface area contributed by atoms with Crippen molar-refractivity contribution in [2.75, 3.05) is 27.2 Å². The van der Waals surface area contributed by atoms with Gasteiger partial charge in [-0.3, -0.25) is 10.1 Å². The number of allylic oxidation sites excluding steroid dienone is 1. The first kappa shape index (κ1) is 35.8. The molecule has 0 spiro atoms. The normalized spacial score (nSPS) is 14.9. The molecule has 46 heavy (non-hydrogen) atoms. The summed E-state index contributed by atoms with van der Waals surface area (Å²) in [6.07, 6.45) is 0.845. The summed E-state index contributed by atoms with van der Waals surface area (Å²) in [5.74, 6) is -2.28. The summed E-state index contributed by atoms with van der Waals surface area (Å²) < 4.78 is 11.1. The van der Waals surface area contributed by atoms with E-state index < -0.39 is 28.4 Å². The Morgan fingerprint density at radius 3 is 2.11 bits per heavy atom. The number of methoxy groups -OCH3 is 1. The number of rotatable bonds is 12. The van der Waals surface area contributed by atoms with Gasteiger partial charge in [0.25, 0.3) is 5.69 Å². The van der Waals surface area contributed by atoms with Crippen molar-refractivity contribution in [2.45, 2.75) is 44.6 Å². The molecule has 0 fully saturated rings. The lowest BCUT2D eigenvalue weighted by molar-refractivity contribution is -0.384. The average Bonchev–Trinajstić information content (AvgIpc) is 3.01. The van der Waals surface area contributed by atoms with Gasteiger partial charge in [0.05, 0.1) is 29.1 Å². The van der Waals surface area contributed by atoms with Crippen LogP contribution >= 0.6 is 12.4 Å². The van der Waals surface area contributed by atoms with E-state index in [-0.39, 0.29) is 41.0 Å². The van der Waals surface area contributed by atoms with Gasteiger partial charge in [0.1, 0.15) is 11.4 Å². The lowest BCUT2D eigenvalue weighted by Gasteiger charge is -2.34. The molecule has 0 saturated heterocycles. The molecule has 1 aliphatic heterocycles. The van der Waals surface area contributed by atoms with E-state index in [4.69, 9.17) is 15.2 Å². The van der Waals surface area contributed by atoms with Gasteiger partial charge < -0.3 is 25.4 Å². The van der Waals surface area contributed by atoms with Crippen LogP contribution in [0.25, 0.3) is 0 Å². The van der Waals surface area contributed by atoms with Gasteiger partial charge in [-0.15, -0.1) is 12.4 Å². The van der Waals surface area contributed by atoms with Gasteiger partial charge in [-0.25, -0.2) is 9.59 Å². The number of non-ortho nitro benzene ring substituents is 1. The van der Waals surface area contributed by atoms with Gasteiger partial charge in [0, 0.05) is 30.3 Å². The number of esters is 2. The molecule has 0 aliphatic carbocycles. The van der Waals surface area contributed by atoms with E-state index in [1.165, 1.54) is 36.4 Å². The minimum Gasteiger partial charge on any atom is -0.466 e. The molecule has 0 amide bonds. The second kappa shape index (κ2) is 15.6. The van der Waals surface area contributed by atoms with Crippen LogP contribution in [-0.2, 0) is 19.1 Å². The maximum Gasteiger partial charge on any atom is 0.339 e. The third kappa shape index (κ3) is 8.52. The van der Waals surface area contributed by atoms with E-state index in [0.29, 0.717) is 17.8 Å². The number of hydrogen-bond donors (Lipinski definition) is 2. The van der Waals surface area contributed by atoms with E-state index in [0.717, 1.165) is 13.0 Å². The maximum atomic E-state index is 13.9. The zero-order valence-electron chi connectivity index (χ0n) is 26.7. The second-order valence-electron chi connectivity index (χ2n) is 11.8. The Morgan fingerprint density at radius 2 is 1.57 bits per heavy atom. The standard InChI is InChI=1S/C35H40N4O6.ClH/c1-23-29(33(40)44-5)30(26-17-12-18-27(21-26)39(42)43)31(32(36)37-23)34(41)45-35(2,3)22-38(4)20-19-28(24-13-8-6-9-14-24)25-15-10-7-11-16-25;/h6-18,21,28,30,37H,19-20,22,36H2,1-5H3;1H. The average molecular weight is 649 g/mol. The highest BCUT2D eigenvalue weighted by Gasteiger charge is 2.40. The summed E-state index contributed by atoms with van der Waals surface area (Å²) in [5.41, 5.74) is 8.46. The third-order valence-corrected chi connectivity index (χ3v) is 7.86. The number of benzene rings is 3. The maximum absolute atomic E-state index is 13.9.